The van der Waals surface area contributed by atoms with Crippen molar-refractivity contribution in [2.45, 2.75) is 96.6 Å². The lowest BCUT2D eigenvalue weighted by Crippen LogP contribution is -2.45. The lowest BCUT2D eigenvalue weighted by atomic mass is 9.82. The van der Waals surface area contributed by atoms with Crippen molar-refractivity contribution < 1.29 is 17.2 Å². The van der Waals surface area contributed by atoms with Crippen molar-refractivity contribution in [1.82, 2.24) is 15.5 Å². The van der Waals surface area contributed by atoms with E-state index in [1.807, 2.05) is 36.9 Å². The minimum atomic E-state index is -0.395. The number of carbonyl (C=O) groups excluding carboxylic acids is 3. The molecule has 1 saturated heterocycles. The van der Waals surface area contributed by atoms with Gasteiger partial charge in [0, 0.05) is 33.5 Å². The second kappa shape index (κ2) is 13.0. The number of rotatable bonds is 8. The highest BCUT2D eigenvalue weighted by Gasteiger charge is 2.30. The zero-order chi connectivity index (χ0) is 24.5. The molecule has 2 amide bonds. The monoisotopic (exact) mass is 473 g/mol. The van der Waals surface area contributed by atoms with Crippen LogP contribution in [-0.2, 0) is 9.59 Å². The standard InChI is InChI=1S/C26H37N3O3.C2H6.2H2/c1-18(30)25(19-7-3-2-4-8-19)28-26(32)21-10-5-9-20(15-21)22-11-6-14-29(17-22)24(31)16-27-23-12-13-23;1-2;;/h5,9-10,15,19,22-23,25,27H,2-4,6-8,11-14,16-17H2,1H3,(H,28,32);1-2H3;2*1H/t22-,25+;;;/m1.../s1. The molecule has 0 aromatic heterocycles. The first-order valence-corrected chi connectivity index (χ1v) is 13.4. The third-order valence-electron chi connectivity index (χ3n) is 7.36. The summed E-state index contributed by atoms with van der Waals surface area (Å²) in [4.78, 5) is 39.8. The highest BCUT2D eigenvalue weighted by Crippen LogP contribution is 2.29. The van der Waals surface area contributed by atoms with Crippen molar-refractivity contribution in [3.8, 4) is 0 Å². The summed E-state index contributed by atoms with van der Waals surface area (Å²) >= 11 is 0. The Morgan fingerprint density at radius 3 is 2.44 bits per heavy atom. The van der Waals surface area contributed by atoms with Crippen molar-refractivity contribution in [2.24, 2.45) is 5.92 Å². The number of benzene rings is 1. The largest absolute Gasteiger partial charge is 0.342 e. The molecule has 6 nitrogen and oxygen atoms in total. The SMILES string of the molecule is CC.CC(=O)[C@H](NC(=O)c1cccc([C@@H]2CCCN(C(=O)CNC3CC3)C2)c1)C1CCCCC1.[HH].[HH]. The lowest BCUT2D eigenvalue weighted by molar-refractivity contribution is -0.131. The Labute approximate surface area is 208 Å². The molecule has 2 aliphatic carbocycles. The fraction of sp³-hybridized carbons (Fsp3) is 0.679. The summed E-state index contributed by atoms with van der Waals surface area (Å²) in [5, 5.41) is 6.35. The van der Waals surface area contributed by atoms with E-state index in [2.05, 4.69) is 16.7 Å². The van der Waals surface area contributed by atoms with Crippen molar-refractivity contribution in [3.05, 3.63) is 35.4 Å². The Kier molecular flexibility index (Phi) is 10.1. The Morgan fingerprint density at radius 2 is 1.76 bits per heavy atom. The van der Waals surface area contributed by atoms with Crippen LogP contribution in [0.25, 0.3) is 0 Å². The van der Waals surface area contributed by atoms with Gasteiger partial charge in [0.15, 0.2) is 5.78 Å². The van der Waals surface area contributed by atoms with Crippen LogP contribution in [0.3, 0.4) is 0 Å². The van der Waals surface area contributed by atoms with Crippen molar-refractivity contribution in [2.75, 3.05) is 19.6 Å². The van der Waals surface area contributed by atoms with E-state index in [0.717, 1.165) is 50.6 Å². The van der Waals surface area contributed by atoms with Crippen LogP contribution < -0.4 is 10.6 Å². The summed E-state index contributed by atoms with van der Waals surface area (Å²) in [6.07, 6.45) is 9.84. The minimum absolute atomic E-state index is 0. The molecule has 1 heterocycles. The molecule has 4 rings (SSSR count). The molecular weight excluding hydrogens is 426 g/mol. The first kappa shape index (κ1) is 26.4. The maximum Gasteiger partial charge on any atom is 0.251 e. The summed E-state index contributed by atoms with van der Waals surface area (Å²) in [5.74, 6) is 0.531. The van der Waals surface area contributed by atoms with Crippen molar-refractivity contribution in [3.63, 3.8) is 0 Å². The molecule has 1 aromatic rings. The van der Waals surface area contributed by atoms with Crippen molar-refractivity contribution >= 4 is 17.6 Å². The van der Waals surface area contributed by atoms with E-state index in [4.69, 9.17) is 0 Å². The average Bonchev–Trinajstić information content (AvgIpc) is 3.72. The second-order valence-corrected chi connectivity index (χ2v) is 9.92. The highest BCUT2D eigenvalue weighted by molar-refractivity contribution is 5.97. The van der Waals surface area contributed by atoms with E-state index < -0.39 is 6.04 Å². The van der Waals surface area contributed by atoms with E-state index in [0.29, 0.717) is 24.7 Å². The number of piperidine rings is 1. The third kappa shape index (κ3) is 7.39. The summed E-state index contributed by atoms with van der Waals surface area (Å²) in [6.45, 7) is 7.52. The fourth-order valence-electron chi connectivity index (χ4n) is 5.28. The second-order valence-electron chi connectivity index (χ2n) is 9.92. The number of nitrogens with one attached hydrogen (secondary N) is 2. The van der Waals surface area contributed by atoms with Gasteiger partial charge < -0.3 is 15.5 Å². The number of ketones is 1. The number of Topliss-reactive ketones (excluding diaryl/α,β-unsaturated/α-hetero) is 1. The van der Waals surface area contributed by atoms with Gasteiger partial charge in [-0.3, -0.25) is 14.4 Å². The van der Waals surface area contributed by atoms with Crippen LogP contribution in [-0.4, -0.2) is 54.2 Å². The van der Waals surface area contributed by atoms with Gasteiger partial charge in [0.05, 0.1) is 12.6 Å². The predicted molar refractivity (Wildman–Crippen MR) is 140 cm³/mol. The molecule has 0 bridgehead atoms. The number of hydrogen-bond donors (Lipinski definition) is 2. The number of hydrogen-bond acceptors (Lipinski definition) is 4. The normalized spacial score (nSPS) is 21.7. The fourth-order valence-corrected chi connectivity index (χ4v) is 5.28. The Hall–Kier alpha value is -2.21. The molecule has 2 saturated carbocycles. The number of carbonyl (C=O) groups is 3. The van der Waals surface area contributed by atoms with Crippen LogP contribution >= 0.6 is 0 Å². The molecule has 1 aromatic carbocycles. The first-order valence-electron chi connectivity index (χ1n) is 13.4. The Morgan fingerprint density at radius 1 is 1.03 bits per heavy atom. The van der Waals surface area contributed by atoms with Crippen LogP contribution in [0.1, 0.15) is 103 Å². The zero-order valence-electron chi connectivity index (χ0n) is 21.3. The molecule has 3 fully saturated rings. The Balaban J connectivity index is 0.00000158. The summed E-state index contributed by atoms with van der Waals surface area (Å²) < 4.78 is 0. The van der Waals surface area contributed by atoms with Gasteiger partial charge in [0.1, 0.15) is 0 Å². The van der Waals surface area contributed by atoms with Gasteiger partial charge in [-0.2, -0.15) is 0 Å². The van der Waals surface area contributed by atoms with Gasteiger partial charge in [0.2, 0.25) is 5.91 Å². The van der Waals surface area contributed by atoms with E-state index in [9.17, 15) is 14.4 Å². The molecule has 192 valence electrons. The molecule has 6 heteroatoms. The van der Waals surface area contributed by atoms with Crippen LogP contribution in [0.15, 0.2) is 24.3 Å². The smallest absolute Gasteiger partial charge is 0.251 e. The van der Waals surface area contributed by atoms with Gasteiger partial charge in [-0.15, -0.1) is 0 Å². The van der Waals surface area contributed by atoms with Crippen LogP contribution in [0.5, 0.6) is 0 Å². The van der Waals surface area contributed by atoms with E-state index in [-0.39, 0.29) is 32.3 Å². The molecule has 1 aliphatic heterocycles. The highest BCUT2D eigenvalue weighted by atomic mass is 16.2. The molecular formula is C28H47N3O3. The molecule has 2 N–H and O–H groups in total. The summed E-state index contributed by atoms with van der Waals surface area (Å²) in [6, 6.07) is 7.89. The number of amides is 2. The van der Waals surface area contributed by atoms with E-state index >= 15 is 0 Å². The van der Waals surface area contributed by atoms with Gasteiger partial charge in [-0.05, 0) is 69.1 Å². The van der Waals surface area contributed by atoms with E-state index in [1.165, 1.54) is 19.3 Å². The van der Waals surface area contributed by atoms with E-state index in [1.54, 1.807) is 6.92 Å². The summed E-state index contributed by atoms with van der Waals surface area (Å²) in [7, 11) is 0. The number of likely N-dealkylation sites (tertiary alicyclic amines) is 1. The maximum absolute atomic E-state index is 13.0. The first-order chi connectivity index (χ1) is 16.5. The lowest BCUT2D eigenvalue weighted by Gasteiger charge is -2.33. The number of nitrogens with zero attached hydrogens (tertiary/aromatic N) is 1. The average molecular weight is 474 g/mol. The summed E-state index contributed by atoms with van der Waals surface area (Å²) in [5.41, 5.74) is 1.70. The zero-order valence-corrected chi connectivity index (χ0v) is 21.3. The predicted octanol–water partition coefficient (Wildman–Crippen LogP) is 4.93. The van der Waals surface area contributed by atoms with Gasteiger partial charge in [0.25, 0.3) is 5.91 Å². The maximum atomic E-state index is 13.0. The molecule has 3 aliphatic rings. The molecule has 0 radical (unpaired) electrons. The minimum Gasteiger partial charge on any atom is -0.342 e. The van der Waals surface area contributed by atoms with Gasteiger partial charge in [-0.25, -0.2) is 0 Å². The van der Waals surface area contributed by atoms with Crippen LogP contribution in [0, 0.1) is 5.92 Å². The van der Waals surface area contributed by atoms with Gasteiger partial charge >= 0.3 is 0 Å². The quantitative estimate of drug-likeness (QED) is 0.561. The van der Waals surface area contributed by atoms with Crippen LogP contribution in [0.2, 0.25) is 0 Å². The Bertz CT molecular complexity index is 841. The topological polar surface area (TPSA) is 78.5 Å². The molecule has 2 atom stereocenters. The molecule has 0 unspecified atom stereocenters. The third-order valence-corrected chi connectivity index (χ3v) is 7.36. The molecule has 0 spiro atoms. The van der Waals surface area contributed by atoms with Gasteiger partial charge in [-0.1, -0.05) is 45.2 Å². The van der Waals surface area contributed by atoms with Crippen LogP contribution in [0.4, 0.5) is 0 Å². The molecule has 34 heavy (non-hydrogen) atoms. The van der Waals surface area contributed by atoms with Crippen molar-refractivity contribution in [1.29, 1.82) is 0 Å².